The molecule has 2 aromatic carbocycles. The molecule has 0 aliphatic rings. The third-order valence-electron chi connectivity index (χ3n) is 3.32. The van der Waals surface area contributed by atoms with E-state index in [9.17, 15) is 4.39 Å². The van der Waals surface area contributed by atoms with Crippen LogP contribution in [0, 0.1) is 24.1 Å². The first kappa shape index (κ1) is 15.0. The summed E-state index contributed by atoms with van der Waals surface area (Å²) in [6, 6.07) is 11.6. The van der Waals surface area contributed by atoms with Crippen LogP contribution in [0.3, 0.4) is 0 Å². The average Bonchev–Trinajstić information content (AvgIpc) is 2.45. The van der Waals surface area contributed by atoms with Crippen LogP contribution in [0.25, 0.3) is 0 Å². The van der Waals surface area contributed by atoms with Gasteiger partial charge in [-0.2, -0.15) is 5.26 Å². The summed E-state index contributed by atoms with van der Waals surface area (Å²) in [6.07, 6.45) is 0. The number of ether oxygens (including phenoxy) is 1. The summed E-state index contributed by atoms with van der Waals surface area (Å²) in [5, 5.41) is 8.85. The maximum absolute atomic E-state index is 13.4. The fourth-order valence-electron chi connectivity index (χ4n) is 2.09. The molecule has 0 bridgehead atoms. The molecule has 0 heterocycles. The molecule has 108 valence electrons. The summed E-state index contributed by atoms with van der Waals surface area (Å²) in [5.41, 5.74) is 9.16. The van der Waals surface area contributed by atoms with Gasteiger partial charge in [0.1, 0.15) is 18.2 Å². The zero-order valence-corrected chi connectivity index (χ0v) is 12.1. The minimum Gasteiger partial charge on any atom is -0.488 e. The van der Waals surface area contributed by atoms with E-state index in [0.29, 0.717) is 17.9 Å². The SMILES string of the molecule is Cc1cc(C#N)ccc1COc1cc(F)ccc1C(C)N. The number of benzene rings is 2. The first-order valence-corrected chi connectivity index (χ1v) is 6.68. The van der Waals surface area contributed by atoms with Gasteiger partial charge in [-0.05, 0) is 43.2 Å². The third kappa shape index (κ3) is 3.59. The topological polar surface area (TPSA) is 59.0 Å². The summed E-state index contributed by atoms with van der Waals surface area (Å²) in [5.74, 6) is 0.0970. The molecule has 2 aromatic rings. The van der Waals surface area contributed by atoms with Crippen LogP contribution in [-0.4, -0.2) is 0 Å². The number of nitriles is 1. The molecule has 0 spiro atoms. The fourth-order valence-corrected chi connectivity index (χ4v) is 2.09. The zero-order valence-electron chi connectivity index (χ0n) is 12.1. The number of rotatable bonds is 4. The molecule has 3 nitrogen and oxygen atoms in total. The van der Waals surface area contributed by atoms with Crippen LogP contribution in [0.4, 0.5) is 4.39 Å². The minimum atomic E-state index is -0.356. The van der Waals surface area contributed by atoms with Crippen molar-refractivity contribution < 1.29 is 9.13 Å². The molecule has 0 saturated heterocycles. The van der Waals surface area contributed by atoms with E-state index >= 15 is 0 Å². The third-order valence-corrected chi connectivity index (χ3v) is 3.32. The molecule has 0 amide bonds. The van der Waals surface area contributed by atoms with E-state index in [4.69, 9.17) is 15.7 Å². The van der Waals surface area contributed by atoms with Crippen LogP contribution in [0.2, 0.25) is 0 Å². The van der Waals surface area contributed by atoms with E-state index in [1.807, 2.05) is 19.9 Å². The molecule has 1 atom stereocenters. The lowest BCUT2D eigenvalue weighted by molar-refractivity contribution is 0.299. The van der Waals surface area contributed by atoms with Gasteiger partial charge in [0.15, 0.2) is 0 Å². The van der Waals surface area contributed by atoms with Gasteiger partial charge in [0, 0.05) is 17.7 Å². The standard InChI is InChI=1S/C17H17FN2O/c1-11-7-13(9-19)3-4-14(11)10-21-17-8-15(18)5-6-16(17)12(2)20/h3-8,12H,10,20H2,1-2H3. The number of nitrogens with zero attached hydrogens (tertiary/aromatic N) is 1. The number of hydrogen-bond donors (Lipinski definition) is 1. The lowest BCUT2D eigenvalue weighted by Gasteiger charge is -2.15. The molecule has 0 fully saturated rings. The highest BCUT2D eigenvalue weighted by Crippen LogP contribution is 2.26. The highest BCUT2D eigenvalue weighted by Gasteiger charge is 2.10. The molecule has 4 heteroatoms. The molecule has 2 N–H and O–H groups in total. The van der Waals surface area contributed by atoms with Crippen LogP contribution in [0.1, 0.15) is 35.2 Å². The maximum atomic E-state index is 13.4. The Labute approximate surface area is 123 Å². The Morgan fingerprint density at radius 2 is 2.05 bits per heavy atom. The quantitative estimate of drug-likeness (QED) is 0.933. The Kier molecular flexibility index (Phi) is 4.56. The number of aryl methyl sites for hydroxylation is 1. The summed E-state index contributed by atoms with van der Waals surface area (Å²) >= 11 is 0. The van der Waals surface area contributed by atoms with Crippen molar-refractivity contribution in [2.75, 3.05) is 0 Å². The smallest absolute Gasteiger partial charge is 0.127 e. The maximum Gasteiger partial charge on any atom is 0.127 e. The van der Waals surface area contributed by atoms with E-state index in [1.165, 1.54) is 12.1 Å². The molecule has 0 aromatic heterocycles. The van der Waals surface area contributed by atoms with Crippen molar-refractivity contribution in [2.45, 2.75) is 26.5 Å². The predicted octanol–water partition coefficient (Wildman–Crippen LogP) is 3.60. The van der Waals surface area contributed by atoms with Crippen molar-refractivity contribution in [1.29, 1.82) is 5.26 Å². The van der Waals surface area contributed by atoms with Gasteiger partial charge < -0.3 is 10.5 Å². The predicted molar refractivity (Wildman–Crippen MR) is 79.2 cm³/mol. The highest BCUT2D eigenvalue weighted by molar-refractivity contribution is 5.39. The van der Waals surface area contributed by atoms with Gasteiger partial charge in [-0.25, -0.2) is 4.39 Å². The number of nitrogens with two attached hydrogens (primary N) is 1. The summed E-state index contributed by atoms with van der Waals surface area (Å²) in [7, 11) is 0. The highest BCUT2D eigenvalue weighted by atomic mass is 19.1. The second-order valence-electron chi connectivity index (χ2n) is 5.01. The normalized spacial score (nSPS) is 11.8. The van der Waals surface area contributed by atoms with Crippen molar-refractivity contribution in [1.82, 2.24) is 0 Å². The van der Waals surface area contributed by atoms with E-state index in [1.54, 1.807) is 18.2 Å². The second-order valence-corrected chi connectivity index (χ2v) is 5.01. The van der Waals surface area contributed by atoms with E-state index < -0.39 is 0 Å². The van der Waals surface area contributed by atoms with Crippen molar-refractivity contribution in [3.63, 3.8) is 0 Å². The van der Waals surface area contributed by atoms with Crippen LogP contribution in [0.5, 0.6) is 5.75 Å². The van der Waals surface area contributed by atoms with Crippen molar-refractivity contribution in [2.24, 2.45) is 5.73 Å². The number of halogens is 1. The van der Waals surface area contributed by atoms with Crippen molar-refractivity contribution in [3.8, 4) is 11.8 Å². The molecule has 1 unspecified atom stereocenters. The molecule has 2 rings (SSSR count). The molecular formula is C17H17FN2O. The molecule has 0 aliphatic heterocycles. The fraction of sp³-hybridized carbons (Fsp3) is 0.235. The monoisotopic (exact) mass is 284 g/mol. The first-order valence-electron chi connectivity index (χ1n) is 6.68. The van der Waals surface area contributed by atoms with Gasteiger partial charge in [0.2, 0.25) is 0 Å². The van der Waals surface area contributed by atoms with E-state index in [0.717, 1.165) is 16.7 Å². The van der Waals surface area contributed by atoms with Gasteiger partial charge >= 0.3 is 0 Å². The molecular weight excluding hydrogens is 267 g/mol. The lowest BCUT2D eigenvalue weighted by atomic mass is 10.1. The second kappa shape index (κ2) is 6.38. The van der Waals surface area contributed by atoms with Crippen LogP contribution in [-0.2, 0) is 6.61 Å². The van der Waals surface area contributed by atoms with Gasteiger partial charge in [-0.15, -0.1) is 0 Å². The Bertz CT molecular complexity index is 690. The largest absolute Gasteiger partial charge is 0.488 e. The van der Waals surface area contributed by atoms with Crippen LogP contribution in [0.15, 0.2) is 36.4 Å². The van der Waals surface area contributed by atoms with Gasteiger partial charge in [-0.3, -0.25) is 0 Å². The Morgan fingerprint density at radius 3 is 2.67 bits per heavy atom. The first-order chi connectivity index (χ1) is 10.0. The Balaban J connectivity index is 2.20. The van der Waals surface area contributed by atoms with E-state index in [2.05, 4.69) is 6.07 Å². The lowest BCUT2D eigenvalue weighted by Crippen LogP contribution is -2.08. The Morgan fingerprint density at radius 1 is 1.29 bits per heavy atom. The summed E-state index contributed by atoms with van der Waals surface area (Å²) in [4.78, 5) is 0. The van der Waals surface area contributed by atoms with E-state index in [-0.39, 0.29) is 11.9 Å². The van der Waals surface area contributed by atoms with Gasteiger partial charge in [0.05, 0.1) is 11.6 Å². The molecule has 0 radical (unpaired) electrons. The van der Waals surface area contributed by atoms with Crippen LogP contribution >= 0.6 is 0 Å². The van der Waals surface area contributed by atoms with Gasteiger partial charge in [0.25, 0.3) is 0 Å². The average molecular weight is 284 g/mol. The van der Waals surface area contributed by atoms with Crippen molar-refractivity contribution in [3.05, 3.63) is 64.5 Å². The molecule has 0 aliphatic carbocycles. The Hall–Kier alpha value is -2.38. The molecule has 0 saturated carbocycles. The summed E-state index contributed by atoms with van der Waals surface area (Å²) < 4.78 is 19.1. The summed E-state index contributed by atoms with van der Waals surface area (Å²) in [6.45, 7) is 4.05. The van der Waals surface area contributed by atoms with Gasteiger partial charge in [-0.1, -0.05) is 12.1 Å². The van der Waals surface area contributed by atoms with Crippen LogP contribution < -0.4 is 10.5 Å². The molecule has 21 heavy (non-hydrogen) atoms. The number of hydrogen-bond acceptors (Lipinski definition) is 3. The van der Waals surface area contributed by atoms with Crippen molar-refractivity contribution >= 4 is 0 Å². The minimum absolute atomic E-state index is 0.234. The zero-order chi connectivity index (χ0) is 15.4.